The molecule has 0 aliphatic carbocycles. The third kappa shape index (κ3) is 2.65. The van der Waals surface area contributed by atoms with Crippen molar-refractivity contribution in [3.8, 4) is 10.6 Å². The lowest BCUT2D eigenvalue weighted by atomic mass is 10.2. The quantitative estimate of drug-likeness (QED) is 0.836. The van der Waals surface area contributed by atoms with Crippen molar-refractivity contribution in [2.24, 2.45) is 5.73 Å². The highest BCUT2D eigenvalue weighted by Gasteiger charge is 2.20. The van der Waals surface area contributed by atoms with Crippen LogP contribution in [-0.4, -0.2) is 16.1 Å². The molecule has 1 unspecified atom stereocenters. The minimum atomic E-state index is -1.24. The Morgan fingerprint density at radius 2 is 2.16 bits per heavy atom. The van der Waals surface area contributed by atoms with Gasteiger partial charge in [0.25, 0.3) is 0 Å². The van der Waals surface area contributed by atoms with E-state index in [1.165, 1.54) is 11.4 Å². The van der Waals surface area contributed by atoms with Crippen LogP contribution in [0.25, 0.3) is 10.6 Å². The van der Waals surface area contributed by atoms with Gasteiger partial charge in [-0.15, -0.1) is 11.3 Å². The van der Waals surface area contributed by atoms with Crippen LogP contribution < -0.4 is 5.73 Å². The molecule has 1 heterocycles. The molecule has 0 radical (unpaired) electrons. The van der Waals surface area contributed by atoms with Gasteiger partial charge < -0.3 is 10.8 Å². The molecule has 0 spiro atoms. The molecule has 1 aromatic heterocycles. The topological polar surface area (TPSA) is 76.2 Å². The van der Waals surface area contributed by atoms with E-state index in [9.17, 15) is 13.6 Å². The van der Waals surface area contributed by atoms with Crippen LogP contribution in [0.15, 0.2) is 22.0 Å². The molecule has 3 N–H and O–H groups in total. The number of thiazole rings is 1. The summed E-state index contributed by atoms with van der Waals surface area (Å²) in [7, 11) is 0. The van der Waals surface area contributed by atoms with E-state index in [4.69, 9.17) is 10.8 Å². The first kappa shape index (κ1) is 14.0. The summed E-state index contributed by atoms with van der Waals surface area (Å²) < 4.78 is 26.3. The summed E-state index contributed by atoms with van der Waals surface area (Å²) in [4.78, 5) is 14.8. The zero-order chi connectivity index (χ0) is 14.2. The molecule has 0 saturated heterocycles. The van der Waals surface area contributed by atoms with Crippen molar-refractivity contribution in [1.29, 1.82) is 0 Å². The predicted molar refractivity (Wildman–Crippen MR) is 69.7 cm³/mol. The van der Waals surface area contributed by atoms with Gasteiger partial charge >= 0.3 is 5.97 Å². The molecule has 0 fully saturated rings. The molecule has 0 aliphatic rings. The van der Waals surface area contributed by atoms with E-state index in [0.29, 0.717) is 10.6 Å². The Kier molecular flexibility index (Phi) is 3.93. The highest BCUT2D eigenvalue weighted by atomic mass is 79.9. The van der Waals surface area contributed by atoms with E-state index in [1.54, 1.807) is 0 Å². The lowest BCUT2D eigenvalue weighted by molar-refractivity contribution is -0.138. The van der Waals surface area contributed by atoms with Crippen molar-refractivity contribution in [2.45, 2.75) is 6.04 Å². The van der Waals surface area contributed by atoms with Gasteiger partial charge in [0.2, 0.25) is 0 Å². The first-order valence-electron chi connectivity index (χ1n) is 4.99. The van der Waals surface area contributed by atoms with Crippen molar-refractivity contribution in [1.82, 2.24) is 4.98 Å². The van der Waals surface area contributed by atoms with Gasteiger partial charge in [0.15, 0.2) is 11.6 Å². The van der Waals surface area contributed by atoms with Crippen LogP contribution >= 0.6 is 27.3 Å². The van der Waals surface area contributed by atoms with Gasteiger partial charge in [-0.1, -0.05) is 0 Å². The number of rotatable bonds is 3. The zero-order valence-electron chi connectivity index (χ0n) is 9.23. The summed E-state index contributed by atoms with van der Waals surface area (Å²) in [6, 6.07) is 1.10. The molecule has 4 nitrogen and oxygen atoms in total. The fraction of sp³-hybridized carbons (Fsp3) is 0.0909. The van der Waals surface area contributed by atoms with Gasteiger partial charge in [-0.3, -0.25) is 4.79 Å². The minimum Gasteiger partial charge on any atom is -0.480 e. The SMILES string of the molecule is NC(C(=O)O)c1csc(-c2ccc(F)c(F)c2Br)n1. The molecular weight excluding hydrogens is 342 g/mol. The normalized spacial score (nSPS) is 12.4. The van der Waals surface area contributed by atoms with E-state index in [1.807, 2.05) is 0 Å². The lowest BCUT2D eigenvalue weighted by Crippen LogP contribution is -2.20. The van der Waals surface area contributed by atoms with Gasteiger partial charge in [-0.2, -0.15) is 0 Å². The molecule has 1 atom stereocenters. The highest BCUT2D eigenvalue weighted by Crippen LogP contribution is 2.34. The minimum absolute atomic E-state index is 0.0581. The number of hydrogen-bond acceptors (Lipinski definition) is 4. The van der Waals surface area contributed by atoms with Crippen molar-refractivity contribution in [3.63, 3.8) is 0 Å². The summed E-state index contributed by atoms with van der Waals surface area (Å²) in [6.07, 6.45) is 0. The Hall–Kier alpha value is -1.38. The smallest absolute Gasteiger partial charge is 0.326 e. The summed E-state index contributed by atoms with van der Waals surface area (Å²) in [5.74, 6) is -3.20. The molecule has 2 rings (SSSR count). The molecule has 19 heavy (non-hydrogen) atoms. The molecule has 2 aromatic rings. The Balaban J connectivity index is 2.44. The van der Waals surface area contributed by atoms with Crippen LogP contribution in [0.5, 0.6) is 0 Å². The van der Waals surface area contributed by atoms with Crippen molar-refractivity contribution in [3.05, 3.63) is 39.3 Å². The molecule has 0 saturated carbocycles. The van der Waals surface area contributed by atoms with Crippen LogP contribution in [0.4, 0.5) is 8.78 Å². The van der Waals surface area contributed by atoms with Crippen molar-refractivity contribution < 1.29 is 18.7 Å². The van der Waals surface area contributed by atoms with E-state index >= 15 is 0 Å². The Labute approximate surface area is 119 Å². The average molecular weight is 349 g/mol. The number of aromatic nitrogens is 1. The highest BCUT2D eigenvalue weighted by molar-refractivity contribution is 9.10. The van der Waals surface area contributed by atoms with E-state index in [2.05, 4.69) is 20.9 Å². The Morgan fingerprint density at radius 1 is 1.47 bits per heavy atom. The van der Waals surface area contributed by atoms with Gasteiger partial charge in [0.05, 0.1) is 10.2 Å². The maximum Gasteiger partial charge on any atom is 0.326 e. The maximum atomic E-state index is 13.4. The summed E-state index contributed by atoms with van der Waals surface area (Å²) in [5.41, 5.74) is 5.93. The molecule has 0 amide bonds. The van der Waals surface area contributed by atoms with Crippen LogP contribution in [-0.2, 0) is 4.79 Å². The summed E-state index contributed by atoms with van der Waals surface area (Å²) in [5, 5.41) is 10.6. The lowest BCUT2D eigenvalue weighted by Gasteiger charge is -2.03. The number of nitrogens with two attached hydrogens (primary N) is 1. The van der Waals surface area contributed by atoms with E-state index < -0.39 is 23.6 Å². The number of carbonyl (C=O) groups is 1. The predicted octanol–water partition coefficient (Wildman–Crippen LogP) is 2.94. The third-order valence-electron chi connectivity index (χ3n) is 2.37. The zero-order valence-corrected chi connectivity index (χ0v) is 11.6. The molecule has 1 aromatic carbocycles. The molecule has 100 valence electrons. The second-order valence-corrected chi connectivity index (χ2v) is 5.27. The Morgan fingerprint density at radius 3 is 2.79 bits per heavy atom. The van der Waals surface area contributed by atoms with Crippen LogP contribution in [0.3, 0.4) is 0 Å². The number of nitrogens with zero attached hydrogens (tertiary/aromatic N) is 1. The number of aliphatic carboxylic acids is 1. The molecule has 0 aliphatic heterocycles. The van der Waals surface area contributed by atoms with E-state index in [-0.39, 0.29) is 10.2 Å². The summed E-state index contributed by atoms with van der Waals surface area (Å²) in [6.45, 7) is 0. The first-order valence-corrected chi connectivity index (χ1v) is 6.66. The average Bonchev–Trinajstić information content (AvgIpc) is 2.84. The standard InChI is InChI=1S/C11H7BrF2N2O2S/c12-7-4(1-2-5(13)8(7)14)10-16-6(3-19-10)9(15)11(17)18/h1-3,9H,15H2,(H,17,18). The number of carboxylic acids is 1. The maximum absolute atomic E-state index is 13.4. The number of halogens is 3. The monoisotopic (exact) mass is 348 g/mol. The number of carboxylic acid groups (broad SMARTS) is 1. The van der Waals surface area contributed by atoms with Crippen molar-refractivity contribution in [2.75, 3.05) is 0 Å². The first-order chi connectivity index (χ1) is 8.91. The van der Waals surface area contributed by atoms with Crippen LogP contribution in [0.1, 0.15) is 11.7 Å². The van der Waals surface area contributed by atoms with Gasteiger partial charge in [0.1, 0.15) is 11.0 Å². The number of benzene rings is 1. The van der Waals surface area contributed by atoms with E-state index in [0.717, 1.165) is 17.4 Å². The molecular formula is C11H7BrF2N2O2S. The Bertz CT molecular complexity index is 648. The molecule has 0 bridgehead atoms. The second-order valence-electron chi connectivity index (χ2n) is 3.62. The molecule has 8 heteroatoms. The third-order valence-corrected chi connectivity index (χ3v) is 4.04. The van der Waals surface area contributed by atoms with Gasteiger partial charge in [-0.25, -0.2) is 13.8 Å². The van der Waals surface area contributed by atoms with Gasteiger partial charge in [-0.05, 0) is 28.1 Å². The fourth-order valence-corrected chi connectivity index (χ4v) is 2.90. The van der Waals surface area contributed by atoms with Gasteiger partial charge in [0, 0.05) is 10.9 Å². The second kappa shape index (κ2) is 5.32. The fourth-order valence-electron chi connectivity index (χ4n) is 1.37. The van der Waals surface area contributed by atoms with Crippen molar-refractivity contribution >= 4 is 33.2 Å². The van der Waals surface area contributed by atoms with Crippen LogP contribution in [0, 0.1) is 11.6 Å². The van der Waals surface area contributed by atoms with Crippen LogP contribution in [0.2, 0.25) is 0 Å². The number of hydrogen-bond donors (Lipinski definition) is 2. The summed E-state index contributed by atoms with van der Waals surface area (Å²) >= 11 is 4.05. The largest absolute Gasteiger partial charge is 0.480 e.